The number of piperazine rings is 1. The number of amides is 1. The second-order valence-electron chi connectivity index (χ2n) is 6.29. The molecule has 24 heavy (non-hydrogen) atoms. The third kappa shape index (κ3) is 4.26. The van der Waals surface area contributed by atoms with Crippen LogP contribution in [0.5, 0.6) is 0 Å². The second-order valence-corrected chi connectivity index (χ2v) is 6.29. The molecule has 1 fully saturated rings. The van der Waals surface area contributed by atoms with Gasteiger partial charge in [-0.2, -0.15) is 0 Å². The largest absolute Gasteiger partial charge is 0.465 e. The summed E-state index contributed by atoms with van der Waals surface area (Å²) in [6, 6.07) is 5.34. The molecule has 2 rings (SSSR count). The Morgan fingerprint density at radius 3 is 2.42 bits per heavy atom. The fourth-order valence-electron chi connectivity index (χ4n) is 2.74. The van der Waals surface area contributed by atoms with E-state index in [1.54, 1.807) is 12.1 Å². The van der Waals surface area contributed by atoms with Crippen LogP contribution in [0.15, 0.2) is 18.2 Å². The van der Waals surface area contributed by atoms with Crippen LogP contribution in [0, 0.1) is 5.92 Å². The number of benzene rings is 1. The lowest BCUT2D eigenvalue weighted by atomic mass is 10.1. The standard InChI is InChI=1S/C18H27N3O3/c1-5-20-8-10-21(11-9-20)16-7-6-14(18(23)24-4)12-15(16)19-17(22)13(2)3/h6-7,12-13H,5,8-11H2,1-4H3,(H,19,22). The van der Waals surface area contributed by atoms with Crippen molar-refractivity contribution >= 4 is 23.3 Å². The van der Waals surface area contributed by atoms with Crippen LogP contribution in [0.4, 0.5) is 11.4 Å². The topological polar surface area (TPSA) is 61.9 Å². The molecule has 132 valence electrons. The summed E-state index contributed by atoms with van der Waals surface area (Å²) in [6.45, 7) is 10.7. The van der Waals surface area contributed by atoms with Crippen molar-refractivity contribution in [3.8, 4) is 0 Å². The number of ether oxygens (including phenoxy) is 1. The summed E-state index contributed by atoms with van der Waals surface area (Å²) < 4.78 is 4.79. The van der Waals surface area contributed by atoms with E-state index in [1.807, 2.05) is 19.9 Å². The number of likely N-dealkylation sites (N-methyl/N-ethyl adjacent to an activating group) is 1. The first-order valence-electron chi connectivity index (χ1n) is 8.46. The lowest BCUT2D eigenvalue weighted by molar-refractivity contribution is -0.118. The highest BCUT2D eigenvalue weighted by Gasteiger charge is 2.21. The van der Waals surface area contributed by atoms with Gasteiger partial charge in [-0.1, -0.05) is 20.8 Å². The molecule has 1 aromatic carbocycles. The number of carbonyl (C=O) groups is 2. The zero-order chi connectivity index (χ0) is 17.7. The lowest BCUT2D eigenvalue weighted by Crippen LogP contribution is -2.46. The first kappa shape index (κ1) is 18.3. The molecule has 0 aliphatic carbocycles. The van der Waals surface area contributed by atoms with E-state index in [-0.39, 0.29) is 11.8 Å². The number of methoxy groups -OCH3 is 1. The van der Waals surface area contributed by atoms with Gasteiger partial charge in [0.05, 0.1) is 24.0 Å². The molecule has 0 spiro atoms. The van der Waals surface area contributed by atoms with E-state index < -0.39 is 5.97 Å². The number of esters is 1. The SMILES string of the molecule is CCN1CCN(c2ccc(C(=O)OC)cc2NC(=O)C(C)C)CC1. The summed E-state index contributed by atoms with van der Waals surface area (Å²) >= 11 is 0. The highest BCUT2D eigenvalue weighted by molar-refractivity contribution is 5.98. The highest BCUT2D eigenvalue weighted by Crippen LogP contribution is 2.29. The number of nitrogens with one attached hydrogen (secondary N) is 1. The van der Waals surface area contributed by atoms with E-state index in [1.165, 1.54) is 7.11 Å². The predicted octanol–water partition coefficient (Wildman–Crippen LogP) is 2.21. The quantitative estimate of drug-likeness (QED) is 0.837. The van der Waals surface area contributed by atoms with E-state index in [2.05, 4.69) is 22.0 Å². The zero-order valence-electron chi connectivity index (χ0n) is 15.0. The summed E-state index contributed by atoms with van der Waals surface area (Å²) in [6.07, 6.45) is 0. The molecule has 0 atom stereocenters. The van der Waals surface area contributed by atoms with Gasteiger partial charge in [-0.25, -0.2) is 4.79 Å². The molecular weight excluding hydrogens is 306 g/mol. The number of rotatable bonds is 5. The molecule has 1 aliphatic heterocycles. The van der Waals surface area contributed by atoms with Crippen molar-refractivity contribution in [3.05, 3.63) is 23.8 Å². The smallest absolute Gasteiger partial charge is 0.337 e. The predicted molar refractivity (Wildman–Crippen MR) is 95.6 cm³/mol. The van der Waals surface area contributed by atoms with Gasteiger partial charge in [0.1, 0.15) is 0 Å². The normalized spacial score (nSPS) is 15.5. The van der Waals surface area contributed by atoms with E-state index in [0.29, 0.717) is 11.3 Å². The van der Waals surface area contributed by atoms with Gasteiger partial charge in [-0.3, -0.25) is 4.79 Å². The summed E-state index contributed by atoms with van der Waals surface area (Å²) in [7, 11) is 1.35. The molecule has 1 aliphatic rings. The minimum absolute atomic E-state index is 0.0644. The van der Waals surface area contributed by atoms with Crippen molar-refractivity contribution in [1.82, 2.24) is 4.90 Å². The van der Waals surface area contributed by atoms with E-state index in [0.717, 1.165) is 38.4 Å². The van der Waals surface area contributed by atoms with E-state index >= 15 is 0 Å². The van der Waals surface area contributed by atoms with Gasteiger partial charge >= 0.3 is 5.97 Å². The molecule has 6 heteroatoms. The Morgan fingerprint density at radius 2 is 1.88 bits per heavy atom. The van der Waals surface area contributed by atoms with Crippen LogP contribution in [0.3, 0.4) is 0 Å². The maximum absolute atomic E-state index is 12.1. The summed E-state index contributed by atoms with van der Waals surface area (Å²) in [4.78, 5) is 28.6. The van der Waals surface area contributed by atoms with Crippen LogP contribution in [0.2, 0.25) is 0 Å². The van der Waals surface area contributed by atoms with Crippen LogP contribution in [-0.4, -0.2) is 56.6 Å². The summed E-state index contributed by atoms with van der Waals surface area (Å²) in [5.41, 5.74) is 2.06. The van der Waals surface area contributed by atoms with Crippen molar-refractivity contribution in [3.63, 3.8) is 0 Å². The van der Waals surface area contributed by atoms with Gasteiger partial charge in [0.2, 0.25) is 5.91 Å². The molecule has 0 bridgehead atoms. The molecule has 1 N–H and O–H groups in total. The third-order valence-corrected chi connectivity index (χ3v) is 4.36. The average Bonchev–Trinajstić information content (AvgIpc) is 2.61. The number of hydrogen-bond acceptors (Lipinski definition) is 5. The molecule has 1 amide bonds. The maximum Gasteiger partial charge on any atom is 0.337 e. The van der Waals surface area contributed by atoms with Crippen molar-refractivity contribution in [2.24, 2.45) is 5.92 Å². The van der Waals surface area contributed by atoms with E-state index in [9.17, 15) is 9.59 Å². The van der Waals surface area contributed by atoms with Crippen LogP contribution < -0.4 is 10.2 Å². The fourth-order valence-corrected chi connectivity index (χ4v) is 2.74. The molecule has 0 radical (unpaired) electrons. The maximum atomic E-state index is 12.1. The van der Waals surface area contributed by atoms with Crippen molar-refractivity contribution in [1.29, 1.82) is 0 Å². The Labute approximate surface area is 143 Å². The van der Waals surface area contributed by atoms with Crippen LogP contribution in [-0.2, 0) is 9.53 Å². The van der Waals surface area contributed by atoms with Crippen molar-refractivity contribution < 1.29 is 14.3 Å². The third-order valence-electron chi connectivity index (χ3n) is 4.36. The van der Waals surface area contributed by atoms with Gasteiger partial charge in [-0.15, -0.1) is 0 Å². The van der Waals surface area contributed by atoms with Gasteiger partial charge in [0.25, 0.3) is 0 Å². The monoisotopic (exact) mass is 333 g/mol. The number of nitrogens with zero attached hydrogens (tertiary/aromatic N) is 2. The van der Waals surface area contributed by atoms with Crippen molar-refractivity contribution in [2.45, 2.75) is 20.8 Å². The second kappa shape index (κ2) is 8.15. The van der Waals surface area contributed by atoms with Gasteiger partial charge in [-0.05, 0) is 24.7 Å². The highest BCUT2D eigenvalue weighted by atomic mass is 16.5. The Hall–Kier alpha value is -2.08. The molecule has 0 unspecified atom stereocenters. The Balaban J connectivity index is 2.28. The molecule has 1 saturated heterocycles. The minimum Gasteiger partial charge on any atom is -0.465 e. The lowest BCUT2D eigenvalue weighted by Gasteiger charge is -2.36. The van der Waals surface area contributed by atoms with E-state index in [4.69, 9.17) is 4.74 Å². The van der Waals surface area contributed by atoms with Crippen molar-refractivity contribution in [2.75, 3.05) is 50.1 Å². The molecule has 6 nitrogen and oxygen atoms in total. The van der Waals surface area contributed by atoms with Gasteiger partial charge in [0.15, 0.2) is 0 Å². The molecule has 0 aromatic heterocycles. The van der Waals surface area contributed by atoms with Crippen LogP contribution in [0.1, 0.15) is 31.1 Å². The number of carbonyl (C=O) groups excluding carboxylic acids is 2. The molecule has 1 aromatic rings. The first-order chi connectivity index (χ1) is 11.5. The fraction of sp³-hybridized carbons (Fsp3) is 0.556. The number of anilines is 2. The summed E-state index contributed by atoms with van der Waals surface area (Å²) in [5.74, 6) is -0.598. The number of hydrogen-bond donors (Lipinski definition) is 1. The molecular formula is C18H27N3O3. The Bertz CT molecular complexity index is 593. The molecule has 0 saturated carbocycles. The average molecular weight is 333 g/mol. The van der Waals surface area contributed by atoms with Gasteiger partial charge in [0, 0.05) is 32.1 Å². The molecule has 1 heterocycles. The summed E-state index contributed by atoms with van der Waals surface area (Å²) in [5, 5.41) is 2.95. The van der Waals surface area contributed by atoms with Crippen LogP contribution in [0.25, 0.3) is 0 Å². The van der Waals surface area contributed by atoms with Crippen LogP contribution >= 0.6 is 0 Å². The Kier molecular flexibility index (Phi) is 6.20. The Morgan fingerprint density at radius 1 is 1.21 bits per heavy atom. The minimum atomic E-state index is -0.405. The van der Waals surface area contributed by atoms with Gasteiger partial charge < -0.3 is 19.9 Å². The zero-order valence-corrected chi connectivity index (χ0v) is 15.0. The first-order valence-corrected chi connectivity index (χ1v) is 8.46.